The molecule has 1 fully saturated rings. The third-order valence-electron chi connectivity index (χ3n) is 5.79. The minimum atomic E-state index is -0.837. The summed E-state index contributed by atoms with van der Waals surface area (Å²) in [4.78, 5) is 22.1. The fourth-order valence-electron chi connectivity index (χ4n) is 4.14. The normalized spacial score (nSPS) is 18.1. The summed E-state index contributed by atoms with van der Waals surface area (Å²) in [5, 5.41) is 11.3. The van der Waals surface area contributed by atoms with Gasteiger partial charge in [0.05, 0.1) is 11.5 Å². The van der Waals surface area contributed by atoms with E-state index in [1.54, 1.807) is 12.4 Å². The topological polar surface area (TPSA) is 135 Å². The molecule has 1 atom stereocenters. The van der Waals surface area contributed by atoms with Crippen molar-refractivity contribution < 1.29 is 18.0 Å². The lowest BCUT2D eigenvalue weighted by molar-refractivity contribution is -0.124. The molecule has 32 heavy (non-hydrogen) atoms. The first-order valence-electron chi connectivity index (χ1n) is 10.1. The number of nitrogens with one attached hydrogen (secondary N) is 2. The van der Waals surface area contributed by atoms with E-state index in [0.29, 0.717) is 49.9 Å². The summed E-state index contributed by atoms with van der Waals surface area (Å²) < 4.78 is 32.6. The fraction of sp³-hybridized carbons (Fsp3) is 0.350. The van der Waals surface area contributed by atoms with Crippen LogP contribution in [-0.2, 0) is 17.6 Å². The number of hydrogen-bond acceptors (Lipinski definition) is 9. The third kappa shape index (κ3) is 3.84. The summed E-state index contributed by atoms with van der Waals surface area (Å²) in [7, 11) is 0. The Labute approximate surface area is 181 Å². The first-order valence-corrected chi connectivity index (χ1v) is 10.1. The molecule has 1 aliphatic heterocycles. The molecule has 0 saturated carbocycles. The van der Waals surface area contributed by atoms with Crippen molar-refractivity contribution in [3.8, 4) is 11.5 Å². The molecule has 1 amide bonds. The molecule has 1 aromatic carbocycles. The van der Waals surface area contributed by atoms with Gasteiger partial charge in [0.2, 0.25) is 11.9 Å². The summed E-state index contributed by atoms with van der Waals surface area (Å²) in [6, 6.07) is 2.75. The van der Waals surface area contributed by atoms with Gasteiger partial charge in [-0.3, -0.25) is 10.2 Å². The van der Waals surface area contributed by atoms with Crippen LogP contribution in [0.5, 0.6) is 0 Å². The largest absolute Gasteiger partial charge is 0.403 e. The number of halogens is 2. The van der Waals surface area contributed by atoms with Gasteiger partial charge in [0, 0.05) is 31.5 Å². The Balaban J connectivity index is 1.22. The molecule has 4 N–H and O–H groups in total. The second-order valence-corrected chi connectivity index (χ2v) is 7.91. The van der Waals surface area contributed by atoms with Gasteiger partial charge in [0.1, 0.15) is 0 Å². The van der Waals surface area contributed by atoms with Crippen LogP contribution < -0.4 is 21.5 Å². The molecular formula is C20H20F2N8O2. The van der Waals surface area contributed by atoms with Gasteiger partial charge in [0.15, 0.2) is 11.6 Å². The molecule has 1 aliphatic carbocycles. The van der Waals surface area contributed by atoms with E-state index in [2.05, 4.69) is 30.9 Å². The fourth-order valence-corrected chi connectivity index (χ4v) is 4.14. The summed E-state index contributed by atoms with van der Waals surface area (Å²) in [6.45, 7) is 1.05. The van der Waals surface area contributed by atoms with Gasteiger partial charge in [-0.25, -0.2) is 24.6 Å². The van der Waals surface area contributed by atoms with E-state index in [4.69, 9.17) is 10.3 Å². The lowest BCUT2D eigenvalue weighted by Gasteiger charge is -2.12. The van der Waals surface area contributed by atoms with Crippen molar-refractivity contribution in [2.45, 2.75) is 25.3 Å². The number of rotatable bonds is 5. The molecule has 5 rings (SSSR count). The molecule has 0 radical (unpaired) electrons. The second kappa shape index (κ2) is 8.11. The zero-order chi connectivity index (χ0) is 22.2. The van der Waals surface area contributed by atoms with Crippen LogP contribution >= 0.6 is 0 Å². The lowest BCUT2D eigenvalue weighted by Crippen LogP contribution is -2.37. The Kier molecular flexibility index (Phi) is 5.13. The quantitative estimate of drug-likeness (QED) is 0.303. The maximum atomic E-state index is 13.4. The number of carbonyl (C=O) groups excluding carboxylic acids is 1. The van der Waals surface area contributed by atoms with Gasteiger partial charge in [0.25, 0.3) is 5.89 Å². The van der Waals surface area contributed by atoms with Crippen LogP contribution in [0.1, 0.15) is 17.5 Å². The summed E-state index contributed by atoms with van der Waals surface area (Å²) in [5.41, 5.74) is 4.27. The highest BCUT2D eigenvalue weighted by atomic mass is 19.2. The molecule has 2 aromatic heterocycles. The van der Waals surface area contributed by atoms with E-state index < -0.39 is 11.6 Å². The average molecular weight is 442 g/mol. The number of fused-ring (bicyclic) bond motifs is 1. The molecule has 0 bridgehead atoms. The van der Waals surface area contributed by atoms with E-state index >= 15 is 0 Å². The van der Waals surface area contributed by atoms with Gasteiger partial charge >= 0.3 is 6.01 Å². The van der Waals surface area contributed by atoms with Crippen molar-refractivity contribution in [1.29, 1.82) is 0 Å². The second-order valence-electron chi connectivity index (χ2n) is 7.91. The lowest BCUT2D eigenvalue weighted by atomic mass is 10.1. The van der Waals surface area contributed by atoms with Crippen molar-refractivity contribution in [1.82, 2.24) is 25.6 Å². The van der Waals surface area contributed by atoms with Crippen LogP contribution in [0.4, 0.5) is 20.7 Å². The Morgan fingerprint density at radius 3 is 2.47 bits per heavy atom. The van der Waals surface area contributed by atoms with Crippen LogP contribution in [0.15, 0.2) is 28.9 Å². The highest BCUT2D eigenvalue weighted by Crippen LogP contribution is 2.28. The van der Waals surface area contributed by atoms with Crippen LogP contribution in [0.2, 0.25) is 0 Å². The van der Waals surface area contributed by atoms with Crippen LogP contribution in [-0.4, -0.2) is 45.2 Å². The molecule has 0 spiro atoms. The first-order chi connectivity index (χ1) is 15.5. The number of amides is 1. The molecular weight excluding hydrogens is 422 g/mol. The van der Waals surface area contributed by atoms with Crippen molar-refractivity contribution in [3.63, 3.8) is 0 Å². The summed E-state index contributed by atoms with van der Waals surface area (Å²) >= 11 is 0. The van der Waals surface area contributed by atoms with Crippen molar-refractivity contribution in [2.24, 2.45) is 11.8 Å². The average Bonchev–Trinajstić information content (AvgIpc) is 3.53. The van der Waals surface area contributed by atoms with Gasteiger partial charge in [-0.05, 0) is 42.5 Å². The molecule has 166 valence electrons. The number of nitrogens with zero attached hydrogens (tertiary/aromatic N) is 5. The van der Waals surface area contributed by atoms with Gasteiger partial charge in [-0.1, -0.05) is 5.10 Å². The maximum Gasteiger partial charge on any atom is 0.318 e. The van der Waals surface area contributed by atoms with E-state index in [9.17, 15) is 13.6 Å². The number of benzene rings is 1. The Bertz CT molecular complexity index is 1120. The summed E-state index contributed by atoms with van der Waals surface area (Å²) in [5.74, 6) is 3.73. The molecule has 12 heteroatoms. The first kappa shape index (κ1) is 20.2. The van der Waals surface area contributed by atoms with E-state index in [1.807, 2.05) is 4.90 Å². The number of hydrogen-bond donors (Lipinski definition) is 3. The number of nitrogens with two attached hydrogens (primary N) is 1. The Morgan fingerprint density at radius 1 is 1.12 bits per heavy atom. The Morgan fingerprint density at radius 2 is 1.81 bits per heavy atom. The number of hydrazine groups is 1. The third-order valence-corrected chi connectivity index (χ3v) is 5.79. The molecule has 2 aliphatic rings. The highest BCUT2D eigenvalue weighted by molar-refractivity contribution is 5.79. The molecule has 3 heterocycles. The van der Waals surface area contributed by atoms with Gasteiger partial charge < -0.3 is 14.6 Å². The smallest absolute Gasteiger partial charge is 0.318 e. The van der Waals surface area contributed by atoms with Crippen LogP contribution in [0, 0.1) is 17.6 Å². The van der Waals surface area contributed by atoms with Gasteiger partial charge in [-0.15, -0.1) is 5.10 Å². The van der Waals surface area contributed by atoms with Crippen molar-refractivity contribution in [3.05, 3.63) is 47.3 Å². The maximum absolute atomic E-state index is 13.4. The summed E-state index contributed by atoms with van der Waals surface area (Å²) in [6.07, 6.45) is 4.88. The minimum absolute atomic E-state index is 0.0547. The van der Waals surface area contributed by atoms with E-state index in [0.717, 1.165) is 11.1 Å². The predicted molar refractivity (Wildman–Crippen MR) is 109 cm³/mol. The predicted octanol–water partition coefficient (Wildman–Crippen LogP) is 1.20. The molecule has 1 saturated heterocycles. The minimum Gasteiger partial charge on any atom is -0.403 e. The monoisotopic (exact) mass is 442 g/mol. The van der Waals surface area contributed by atoms with Crippen LogP contribution in [0.3, 0.4) is 0 Å². The van der Waals surface area contributed by atoms with Crippen LogP contribution in [0.25, 0.3) is 11.5 Å². The zero-order valence-electron chi connectivity index (χ0n) is 16.9. The van der Waals surface area contributed by atoms with Crippen molar-refractivity contribution in [2.75, 3.05) is 23.3 Å². The standard InChI is InChI=1S/C20H20F2N8O2/c21-15-5-11-3-14(4-12(11)6-16(15)22)26-19-24-7-13(8-25-19)18-28-29-20(32-18)30-2-1-10(9-30)17(31)27-23/h5-8,10,14H,1-4,9,23H2,(H,27,31)(H,24,25,26). The van der Waals surface area contributed by atoms with E-state index in [1.165, 1.54) is 12.1 Å². The molecule has 1 unspecified atom stereocenters. The van der Waals surface area contributed by atoms with E-state index in [-0.39, 0.29) is 23.8 Å². The van der Waals surface area contributed by atoms with Gasteiger partial charge in [-0.2, -0.15) is 0 Å². The van der Waals surface area contributed by atoms with Crippen molar-refractivity contribution >= 4 is 17.9 Å². The number of carbonyl (C=O) groups is 1. The zero-order valence-corrected chi connectivity index (χ0v) is 16.9. The number of anilines is 2. The highest BCUT2D eigenvalue weighted by Gasteiger charge is 2.31. The SMILES string of the molecule is NNC(=O)C1CCN(c2nnc(-c3cnc(NC4Cc5cc(F)c(F)cc5C4)nc3)o2)C1. The molecule has 3 aromatic rings. The Hall–Kier alpha value is -3.67. The molecule has 10 nitrogen and oxygen atoms in total. The number of aromatic nitrogens is 4.